The number of fused-ring (bicyclic) bond motifs is 5. The molecule has 0 bridgehead atoms. The molecule has 4 aliphatic rings. The second kappa shape index (κ2) is 8.34. The van der Waals surface area contributed by atoms with E-state index in [0.29, 0.717) is 16.9 Å². The average Bonchev–Trinajstić information content (AvgIpc) is 3.12. The zero-order valence-corrected chi connectivity index (χ0v) is 20.1. The Morgan fingerprint density at radius 1 is 1.00 bits per heavy atom. The van der Waals surface area contributed by atoms with Gasteiger partial charge in [-0.3, -0.25) is 4.79 Å². The van der Waals surface area contributed by atoms with Crippen molar-refractivity contribution in [1.29, 1.82) is 0 Å². The van der Waals surface area contributed by atoms with Gasteiger partial charge in [0, 0.05) is 12.1 Å². The summed E-state index contributed by atoms with van der Waals surface area (Å²) in [7, 11) is 1.64. The smallest absolute Gasteiger partial charge is 0.251 e. The van der Waals surface area contributed by atoms with E-state index in [4.69, 9.17) is 4.74 Å². The fraction of sp³-hybridized carbons (Fsp3) is 0.750. The Balaban J connectivity index is 1.22. The van der Waals surface area contributed by atoms with Crippen LogP contribution in [0.15, 0.2) is 24.3 Å². The molecule has 5 rings (SSSR count). The molecule has 1 aromatic rings. The zero-order valence-electron chi connectivity index (χ0n) is 20.1. The Kier molecular flexibility index (Phi) is 5.80. The van der Waals surface area contributed by atoms with Gasteiger partial charge in [-0.05, 0) is 130 Å². The summed E-state index contributed by atoms with van der Waals surface area (Å²) >= 11 is 0. The van der Waals surface area contributed by atoms with Crippen molar-refractivity contribution in [1.82, 2.24) is 5.32 Å². The Bertz CT molecular complexity index is 834. The third kappa shape index (κ3) is 3.87. The van der Waals surface area contributed by atoms with Crippen LogP contribution in [0, 0.1) is 40.9 Å². The number of nitrogens with one attached hydrogen (secondary N) is 1. The van der Waals surface area contributed by atoms with E-state index in [1.807, 2.05) is 24.3 Å². The van der Waals surface area contributed by atoms with E-state index in [-0.39, 0.29) is 5.91 Å². The van der Waals surface area contributed by atoms with Crippen LogP contribution in [0.1, 0.15) is 82.0 Å². The van der Waals surface area contributed by atoms with Gasteiger partial charge in [-0.2, -0.15) is 0 Å². The van der Waals surface area contributed by atoms with Gasteiger partial charge < -0.3 is 15.2 Å². The molecule has 4 nitrogen and oxygen atoms in total. The predicted molar refractivity (Wildman–Crippen MR) is 127 cm³/mol. The molecule has 4 aliphatic carbocycles. The van der Waals surface area contributed by atoms with Crippen molar-refractivity contribution in [3.8, 4) is 5.75 Å². The lowest BCUT2D eigenvalue weighted by Gasteiger charge is -2.57. The van der Waals surface area contributed by atoms with Crippen LogP contribution in [0.5, 0.6) is 5.75 Å². The topological polar surface area (TPSA) is 58.6 Å². The van der Waals surface area contributed by atoms with Crippen LogP contribution < -0.4 is 10.1 Å². The van der Waals surface area contributed by atoms with Gasteiger partial charge in [0.25, 0.3) is 5.91 Å². The van der Waals surface area contributed by atoms with Crippen molar-refractivity contribution in [2.75, 3.05) is 13.7 Å². The lowest BCUT2D eigenvalue weighted by atomic mass is 9.49. The highest BCUT2D eigenvalue weighted by atomic mass is 16.5. The molecule has 0 aliphatic heterocycles. The minimum atomic E-state index is -0.433. The molecular weight excluding hydrogens is 398 g/mol. The molecule has 32 heavy (non-hydrogen) atoms. The number of aliphatic hydroxyl groups is 1. The molecule has 1 amide bonds. The van der Waals surface area contributed by atoms with Gasteiger partial charge in [-0.1, -0.05) is 6.92 Å². The van der Waals surface area contributed by atoms with Gasteiger partial charge in [0.05, 0.1) is 12.7 Å². The number of benzene rings is 1. The second-order valence-corrected chi connectivity index (χ2v) is 11.9. The van der Waals surface area contributed by atoms with Crippen LogP contribution in [0.2, 0.25) is 0 Å². The number of ether oxygens (including phenoxy) is 1. The first-order valence-electron chi connectivity index (χ1n) is 13.0. The average molecular weight is 440 g/mol. The first kappa shape index (κ1) is 22.3. The third-order valence-electron chi connectivity index (χ3n) is 10.3. The molecular formula is C28H41NO3. The van der Waals surface area contributed by atoms with Crippen molar-refractivity contribution in [2.45, 2.75) is 77.2 Å². The maximum Gasteiger partial charge on any atom is 0.251 e. The molecule has 176 valence electrons. The van der Waals surface area contributed by atoms with Gasteiger partial charge in [0.1, 0.15) is 5.75 Å². The number of carbonyl (C=O) groups excluding carboxylic acids is 1. The molecule has 0 unspecified atom stereocenters. The SMILES string of the molecule is COc1ccc(C(=O)NC[C@H]2CC[C@H]3[C@@H]4CC[C@@H]5C[C@](C)(O)CC[C@@H]5[C@H]4CC[C@]23C)cc1. The van der Waals surface area contributed by atoms with Crippen LogP contribution in [-0.2, 0) is 0 Å². The van der Waals surface area contributed by atoms with Crippen LogP contribution >= 0.6 is 0 Å². The highest BCUT2D eigenvalue weighted by Gasteiger charge is 2.57. The van der Waals surface area contributed by atoms with E-state index >= 15 is 0 Å². The van der Waals surface area contributed by atoms with Crippen molar-refractivity contribution in [3.05, 3.63) is 29.8 Å². The molecule has 4 fully saturated rings. The Morgan fingerprint density at radius 3 is 2.50 bits per heavy atom. The van der Waals surface area contributed by atoms with Gasteiger partial charge in [-0.25, -0.2) is 0 Å². The van der Waals surface area contributed by atoms with E-state index in [2.05, 4.69) is 19.2 Å². The molecule has 8 atom stereocenters. The largest absolute Gasteiger partial charge is 0.497 e. The van der Waals surface area contributed by atoms with E-state index in [1.165, 1.54) is 44.9 Å². The summed E-state index contributed by atoms with van der Waals surface area (Å²) < 4.78 is 5.20. The Morgan fingerprint density at radius 2 is 1.75 bits per heavy atom. The van der Waals surface area contributed by atoms with Crippen LogP contribution in [0.4, 0.5) is 0 Å². The first-order valence-corrected chi connectivity index (χ1v) is 13.0. The molecule has 0 aromatic heterocycles. The minimum absolute atomic E-state index is 0.0307. The van der Waals surface area contributed by atoms with Gasteiger partial charge in [-0.15, -0.1) is 0 Å². The number of hydrogen-bond acceptors (Lipinski definition) is 3. The van der Waals surface area contributed by atoms with E-state index < -0.39 is 5.60 Å². The van der Waals surface area contributed by atoms with E-state index in [9.17, 15) is 9.90 Å². The van der Waals surface area contributed by atoms with E-state index in [1.54, 1.807) is 7.11 Å². The number of carbonyl (C=O) groups is 1. The monoisotopic (exact) mass is 439 g/mol. The Labute approximate surface area is 193 Å². The lowest BCUT2D eigenvalue weighted by molar-refractivity contribution is -0.0993. The fourth-order valence-corrected chi connectivity index (χ4v) is 8.59. The van der Waals surface area contributed by atoms with Gasteiger partial charge in [0.2, 0.25) is 0 Å². The minimum Gasteiger partial charge on any atom is -0.497 e. The fourth-order valence-electron chi connectivity index (χ4n) is 8.59. The third-order valence-corrected chi connectivity index (χ3v) is 10.3. The number of rotatable bonds is 4. The predicted octanol–water partition coefficient (Wildman–Crippen LogP) is 5.44. The summed E-state index contributed by atoms with van der Waals surface area (Å²) in [6.07, 6.45) is 11.1. The van der Waals surface area contributed by atoms with Gasteiger partial charge in [0.15, 0.2) is 0 Å². The standard InChI is InChI=1S/C28H41NO3/c1-27(31)14-12-22-19(16-27)6-10-24-23(22)13-15-28(2)20(7-11-25(24)28)17-29-26(30)18-4-8-21(32-3)9-5-18/h4-5,8-9,19-20,22-25,31H,6-7,10-17H2,1-3H3,(H,29,30)/t19-,20-,22+,23-,24-,25+,27-,28-/m1/s1. The highest BCUT2D eigenvalue weighted by Crippen LogP contribution is 2.64. The molecule has 0 heterocycles. The maximum atomic E-state index is 12.7. The maximum absolute atomic E-state index is 12.7. The molecule has 4 saturated carbocycles. The lowest BCUT2D eigenvalue weighted by Crippen LogP contribution is -2.51. The molecule has 0 spiro atoms. The summed E-state index contributed by atoms with van der Waals surface area (Å²) in [5, 5.41) is 13.9. The number of amides is 1. The van der Waals surface area contributed by atoms with Crippen LogP contribution in [0.3, 0.4) is 0 Å². The summed E-state index contributed by atoms with van der Waals surface area (Å²) in [6, 6.07) is 7.39. The molecule has 0 radical (unpaired) electrons. The highest BCUT2D eigenvalue weighted by molar-refractivity contribution is 5.94. The van der Waals surface area contributed by atoms with Crippen molar-refractivity contribution in [3.63, 3.8) is 0 Å². The number of methoxy groups -OCH3 is 1. The summed E-state index contributed by atoms with van der Waals surface area (Å²) in [5.41, 5.74) is 0.639. The second-order valence-electron chi connectivity index (χ2n) is 11.9. The van der Waals surface area contributed by atoms with Crippen LogP contribution in [0.25, 0.3) is 0 Å². The first-order chi connectivity index (χ1) is 15.3. The molecule has 0 saturated heterocycles. The van der Waals surface area contributed by atoms with Crippen molar-refractivity contribution >= 4 is 5.91 Å². The summed E-state index contributed by atoms with van der Waals surface area (Å²) in [6.45, 7) is 5.38. The quantitative estimate of drug-likeness (QED) is 0.656. The molecule has 4 heteroatoms. The molecule has 1 aromatic carbocycles. The summed E-state index contributed by atoms with van der Waals surface area (Å²) in [5.74, 6) is 5.52. The zero-order chi connectivity index (χ0) is 22.5. The van der Waals surface area contributed by atoms with Crippen LogP contribution in [-0.4, -0.2) is 30.3 Å². The molecule has 2 N–H and O–H groups in total. The summed E-state index contributed by atoms with van der Waals surface area (Å²) in [4.78, 5) is 12.7. The number of hydrogen-bond donors (Lipinski definition) is 2. The Hall–Kier alpha value is -1.55. The normalized spacial score (nSPS) is 43.0. The van der Waals surface area contributed by atoms with Gasteiger partial charge >= 0.3 is 0 Å². The van der Waals surface area contributed by atoms with Crippen molar-refractivity contribution in [2.24, 2.45) is 40.9 Å². The van der Waals surface area contributed by atoms with E-state index in [0.717, 1.165) is 54.7 Å². The van der Waals surface area contributed by atoms with Crippen molar-refractivity contribution < 1.29 is 14.6 Å².